The van der Waals surface area contributed by atoms with Crippen LogP contribution in [0.5, 0.6) is 0 Å². The zero-order valence-electron chi connectivity index (χ0n) is 15.0. The van der Waals surface area contributed by atoms with Gasteiger partial charge in [0.05, 0.1) is 16.5 Å². The molecule has 27 heavy (non-hydrogen) atoms. The van der Waals surface area contributed by atoms with E-state index in [0.717, 1.165) is 38.5 Å². The third-order valence-corrected chi connectivity index (χ3v) is 7.14. The molecule has 1 aromatic rings. The Morgan fingerprint density at radius 1 is 1.04 bits per heavy atom. The van der Waals surface area contributed by atoms with Gasteiger partial charge in [-0.1, -0.05) is 37.3 Å². The van der Waals surface area contributed by atoms with E-state index < -0.39 is 21.8 Å². The van der Waals surface area contributed by atoms with Gasteiger partial charge in [0, 0.05) is 18.3 Å². The second-order valence-electron chi connectivity index (χ2n) is 7.02. The summed E-state index contributed by atoms with van der Waals surface area (Å²) in [5, 5.41) is 5.60. The lowest BCUT2D eigenvalue weighted by molar-refractivity contribution is -0.136. The van der Waals surface area contributed by atoms with Gasteiger partial charge in [-0.3, -0.25) is 13.9 Å². The highest BCUT2D eigenvalue weighted by molar-refractivity contribution is 7.93. The molecule has 1 aliphatic heterocycles. The number of sulfonamides is 1. The van der Waals surface area contributed by atoms with Crippen LogP contribution < -0.4 is 14.9 Å². The maximum absolute atomic E-state index is 12.2. The van der Waals surface area contributed by atoms with Crippen molar-refractivity contribution < 1.29 is 18.0 Å². The van der Waals surface area contributed by atoms with Crippen LogP contribution in [0, 0.1) is 0 Å². The van der Waals surface area contributed by atoms with E-state index in [-0.39, 0.29) is 16.8 Å². The fraction of sp³-hybridized carbons (Fsp3) is 0.556. The first-order chi connectivity index (χ1) is 12.9. The smallest absolute Gasteiger partial charge is 0.313 e. The highest BCUT2D eigenvalue weighted by Crippen LogP contribution is 2.33. The molecular formula is C18H24ClN3O4S. The Morgan fingerprint density at radius 3 is 2.37 bits per heavy atom. The minimum absolute atomic E-state index is 0.0290. The largest absolute Gasteiger partial charge is 0.345 e. The number of nitrogens with one attached hydrogen (secondary N) is 2. The van der Waals surface area contributed by atoms with Crippen LogP contribution in [0.4, 0.5) is 11.4 Å². The van der Waals surface area contributed by atoms with Crippen LogP contribution in [-0.4, -0.2) is 38.6 Å². The summed E-state index contributed by atoms with van der Waals surface area (Å²) in [6.07, 6.45) is 6.72. The molecule has 0 atom stereocenters. The molecule has 7 nitrogen and oxygen atoms in total. The summed E-state index contributed by atoms with van der Waals surface area (Å²) in [7, 11) is -3.39. The molecule has 1 saturated heterocycles. The number of rotatable bonds is 3. The van der Waals surface area contributed by atoms with Crippen molar-refractivity contribution >= 4 is 44.8 Å². The molecule has 2 fully saturated rings. The average molecular weight is 414 g/mol. The third-order valence-electron chi connectivity index (χ3n) is 4.97. The topological polar surface area (TPSA) is 95.6 Å². The van der Waals surface area contributed by atoms with Gasteiger partial charge in [0.1, 0.15) is 0 Å². The van der Waals surface area contributed by atoms with Crippen molar-refractivity contribution in [3.8, 4) is 0 Å². The summed E-state index contributed by atoms with van der Waals surface area (Å²) >= 11 is 6.15. The number of hydrogen-bond acceptors (Lipinski definition) is 4. The molecule has 0 aromatic heterocycles. The maximum atomic E-state index is 12.2. The maximum Gasteiger partial charge on any atom is 0.313 e. The minimum atomic E-state index is -3.39. The zero-order chi connectivity index (χ0) is 19.4. The van der Waals surface area contributed by atoms with Crippen LogP contribution in [0.15, 0.2) is 18.2 Å². The average Bonchev–Trinajstić information content (AvgIpc) is 2.82. The molecule has 148 valence electrons. The molecular weight excluding hydrogens is 390 g/mol. The molecule has 0 unspecified atom stereocenters. The quantitative estimate of drug-likeness (QED) is 0.588. The van der Waals surface area contributed by atoms with Crippen molar-refractivity contribution in [2.75, 3.05) is 21.9 Å². The van der Waals surface area contributed by atoms with E-state index in [1.54, 1.807) is 6.07 Å². The molecule has 3 rings (SSSR count). The Labute approximate surface area is 164 Å². The number of carbonyl (C=O) groups excluding carboxylic acids is 2. The Balaban J connectivity index is 1.67. The van der Waals surface area contributed by atoms with Gasteiger partial charge in [0.15, 0.2) is 0 Å². The van der Waals surface area contributed by atoms with E-state index in [2.05, 4.69) is 10.6 Å². The number of hydrogen-bond donors (Lipinski definition) is 2. The Hall–Kier alpha value is -1.80. The SMILES string of the molecule is O=C(Nc1ccc(Cl)c(N2CCCS2(=O)=O)c1)C(=O)NC1CCCCCC1. The van der Waals surface area contributed by atoms with Gasteiger partial charge in [-0.25, -0.2) is 8.42 Å². The fourth-order valence-corrected chi connectivity index (χ4v) is 5.40. The number of benzene rings is 1. The molecule has 0 bridgehead atoms. The van der Waals surface area contributed by atoms with Crippen LogP contribution in [0.2, 0.25) is 5.02 Å². The van der Waals surface area contributed by atoms with Gasteiger partial charge in [-0.15, -0.1) is 0 Å². The van der Waals surface area contributed by atoms with E-state index >= 15 is 0 Å². The lowest BCUT2D eigenvalue weighted by Crippen LogP contribution is -2.41. The normalized spacial score (nSPS) is 20.1. The Kier molecular flexibility index (Phi) is 6.26. The van der Waals surface area contributed by atoms with Crippen LogP contribution in [-0.2, 0) is 19.6 Å². The second-order valence-corrected chi connectivity index (χ2v) is 9.44. The predicted octanol–water partition coefficient (Wildman–Crippen LogP) is 2.66. The summed E-state index contributed by atoms with van der Waals surface area (Å²) in [5.41, 5.74) is 0.647. The molecule has 2 N–H and O–H groups in total. The molecule has 0 spiro atoms. The van der Waals surface area contributed by atoms with Gasteiger partial charge in [-0.05, 0) is 37.5 Å². The number of anilines is 2. The van der Waals surface area contributed by atoms with Gasteiger partial charge in [0.25, 0.3) is 0 Å². The van der Waals surface area contributed by atoms with Crippen molar-refractivity contribution in [2.24, 2.45) is 0 Å². The lowest BCUT2D eigenvalue weighted by atomic mass is 10.1. The summed E-state index contributed by atoms with van der Waals surface area (Å²) in [6.45, 7) is 0.349. The summed E-state index contributed by atoms with van der Waals surface area (Å²) in [4.78, 5) is 24.4. The van der Waals surface area contributed by atoms with Crippen molar-refractivity contribution in [3.05, 3.63) is 23.2 Å². The van der Waals surface area contributed by atoms with Gasteiger partial charge in [-0.2, -0.15) is 0 Å². The number of halogens is 1. The van der Waals surface area contributed by atoms with E-state index in [0.29, 0.717) is 24.3 Å². The van der Waals surface area contributed by atoms with E-state index in [1.165, 1.54) is 16.4 Å². The summed E-state index contributed by atoms with van der Waals surface area (Å²) in [6, 6.07) is 4.58. The second kappa shape index (κ2) is 8.48. The zero-order valence-corrected chi connectivity index (χ0v) is 16.6. The van der Waals surface area contributed by atoms with Gasteiger partial charge in [0.2, 0.25) is 10.0 Å². The first-order valence-corrected chi connectivity index (χ1v) is 11.3. The molecule has 1 heterocycles. The molecule has 9 heteroatoms. The van der Waals surface area contributed by atoms with E-state index in [4.69, 9.17) is 11.6 Å². The summed E-state index contributed by atoms with van der Waals surface area (Å²) in [5.74, 6) is -1.37. The van der Waals surface area contributed by atoms with Crippen LogP contribution in [0.25, 0.3) is 0 Å². The summed E-state index contributed by atoms with van der Waals surface area (Å²) < 4.78 is 25.5. The highest BCUT2D eigenvalue weighted by atomic mass is 35.5. The van der Waals surface area contributed by atoms with Crippen molar-refractivity contribution in [2.45, 2.75) is 51.0 Å². The van der Waals surface area contributed by atoms with E-state index in [9.17, 15) is 18.0 Å². The Morgan fingerprint density at radius 2 is 1.74 bits per heavy atom. The fourth-order valence-electron chi connectivity index (χ4n) is 3.55. The number of carbonyl (C=O) groups is 2. The monoisotopic (exact) mass is 413 g/mol. The van der Waals surface area contributed by atoms with Gasteiger partial charge >= 0.3 is 11.8 Å². The molecule has 0 radical (unpaired) electrons. The first kappa shape index (κ1) is 19.9. The molecule has 1 aliphatic carbocycles. The van der Waals surface area contributed by atoms with Crippen molar-refractivity contribution in [1.29, 1.82) is 0 Å². The highest BCUT2D eigenvalue weighted by Gasteiger charge is 2.30. The van der Waals surface area contributed by atoms with Crippen LogP contribution in [0.3, 0.4) is 0 Å². The van der Waals surface area contributed by atoms with Gasteiger partial charge < -0.3 is 10.6 Å². The third kappa shape index (κ3) is 4.93. The molecule has 2 aliphatic rings. The number of nitrogens with zero attached hydrogens (tertiary/aromatic N) is 1. The lowest BCUT2D eigenvalue weighted by Gasteiger charge is -2.19. The van der Waals surface area contributed by atoms with E-state index in [1.807, 2.05) is 0 Å². The minimum Gasteiger partial charge on any atom is -0.345 e. The Bertz CT molecular complexity index is 820. The standard InChI is InChI=1S/C18H24ClN3O4S/c19-15-9-8-14(12-16(15)22-10-5-11-27(22,25)26)21-18(24)17(23)20-13-6-3-1-2-4-7-13/h8-9,12-13H,1-7,10-11H2,(H,20,23)(H,21,24). The first-order valence-electron chi connectivity index (χ1n) is 9.28. The number of amides is 2. The molecule has 1 aromatic carbocycles. The molecule has 2 amide bonds. The van der Waals surface area contributed by atoms with Crippen molar-refractivity contribution in [1.82, 2.24) is 5.32 Å². The molecule has 1 saturated carbocycles. The van der Waals surface area contributed by atoms with Crippen LogP contribution >= 0.6 is 11.6 Å². The van der Waals surface area contributed by atoms with Crippen molar-refractivity contribution in [3.63, 3.8) is 0 Å². The van der Waals surface area contributed by atoms with Crippen LogP contribution in [0.1, 0.15) is 44.9 Å². The predicted molar refractivity (Wildman–Crippen MR) is 105 cm³/mol.